The van der Waals surface area contributed by atoms with Crippen LogP contribution in [0.25, 0.3) is 10.8 Å². The van der Waals surface area contributed by atoms with E-state index in [2.05, 4.69) is 22.6 Å². The highest BCUT2D eigenvalue weighted by Crippen LogP contribution is 2.64. The molecule has 0 amide bonds. The van der Waals surface area contributed by atoms with Gasteiger partial charge < -0.3 is 68.2 Å². The van der Waals surface area contributed by atoms with E-state index in [9.17, 15) is 35.1 Å². The second kappa shape index (κ2) is 13.9. The maximum atomic E-state index is 13.8. The number of hydrogen-bond acceptors (Lipinski definition) is 16. The van der Waals surface area contributed by atoms with Crippen molar-refractivity contribution < 1.29 is 77.8 Å². The Morgan fingerprint density at radius 2 is 1.77 bits per heavy atom. The molecule has 0 radical (unpaired) electrons. The highest BCUT2D eigenvalue weighted by molar-refractivity contribution is 14.1. The van der Waals surface area contributed by atoms with Gasteiger partial charge >= 0.3 is 5.97 Å². The van der Waals surface area contributed by atoms with Crippen molar-refractivity contribution in [1.29, 1.82) is 0 Å². The summed E-state index contributed by atoms with van der Waals surface area (Å²) in [6, 6.07) is 1.73. The van der Waals surface area contributed by atoms with Crippen LogP contribution in [0.2, 0.25) is 0 Å². The first-order valence-corrected chi connectivity index (χ1v) is 18.3. The molecule has 4 aliphatic rings. The number of aliphatic hydroxyl groups is 4. The van der Waals surface area contributed by atoms with E-state index in [0.717, 1.165) is 0 Å². The highest BCUT2D eigenvalue weighted by Gasteiger charge is 2.78. The third-order valence-corrected chi connectivity index (χ3v) is 12.4. The van der Waals surface area contributed by atoms with Crippen molar-refractivity contribution in [2.24, 2.45) is 5.41 Å². The van der Waals surface area contributed by atoms with Crippen LogP contribution in [0.4, 0.5) is 0 Å². The van der Waals surface area contributed by atoms with Gasteiger partial charge in [0.05, 0.1) is 40.8 Å². The second-order valence-electron chi connectivity index (χ2n) is 14.6. The maximum absolute atomic E-state index is 13.8. The van der Waals surface area contributed by atoms with Gasteiger partial charge in [0.15, 0.2) is 18.2 Å². The van der Waals surface area contributed by atoms with Gasteiger partial charge in [0.1, 0.15) is 40.5 Å². The number of hydrogen-bond donors (Lipinski definition) is 5. The zero-order chi connectivity index (χ0) is 39.2. The number of rotatable bonds is 9. The van der Waals surface area contributed by atoms with Gasteiger partial charge in [0, 0.05) is 57.6 Å². The molecule has 2 saturated heterocycles. The van der Waals surface area contributed by atoms with E-state index >= 15 is 0 Å². The van der Waals surface area contributed by atoms with E-state index in [0.29, 0.717) is 11.1 Å². The Balaban J connectivity index is 1.52. The summed E-state index contributed by atoms with van der Waals surface area (Å²) in [5, 5.41) is 59.5. The monoisotopic (exact) mass is 862 g/mol. The fourth-order valence-electron chi connectivity index (χ4n) is 8.59. The number of aromatic hydroxyl groups is 1. The fraction of sp³-hybridized carbons (Fsp3) is 0.667. The number of Topliss-reactive ketones (excluding diaryl/α,β-unsaturated/α-hetero) is 1. The molecule has 0 bridgehead atoms. The van der Waals surface area contributed by atoms with Crippen LogP contribution in [-0.4, -0.2) is 127 Å². The minimum absolute atomic E-state index is 0.00382. The number of phenols is 1. The number of phenolic OH excluding ortho intramolecular Hbond substituents is 1. The van der Waals surface area contributed by atoms with Crippen LogP contribution < -0.4 is 9.47 Å². The number of carbonyl (C=O) groups excluding carboxylic acids is 2. The van der Waals surface area contributed by atoms with Crippen LogP contribution >= 0.6 is 22.6 Å². The van der Waals surface area contributed by atoms with Crippen molar-refractivity contribution in [3.63, 3.8) is 0 Å². The summed E-state index contributed by atoms with van der Waals surface area (Å²) in [6.45, 7) is 7.33. The minimum atomic E-state index is -2.34. The third-order valence-electron chi connectivity index (χ3n) is 11.1. The van der Waals surface area contributed by atoms with Gasteiger partial charge in [-0.15, -0.1) is 0 Å². The summed E-state index contributed by atoms with van der Waals surface area (Å²) >= 11 is 2.07. The first kappa shape index (κ1) is 40.2. The number of halogens is 1. The first-order valence-electron chi connectivity index (χ1n) is 17.1. The van der Waals surface area contributed by atoms with Crippen molar-refractivity contribution in [2.75, 3.05) is 35.0 Å². The molecule has 7 unspecified atom stereocenters. The molecule has 16 nitrogen and oxygen atoms in total. The Hall–Kier alpha value is -2.43. The molecule has 2 fully saturated rings. The molecule has 3 heterocycles. The zero-order valence-corrected chi connectivity index (χ0v) is 33.1. The molecule has 5 N–H and O–H groups in total. The molecule has 17 heteroatoms. The molecule has 0 aromatic heterocycles. The SMILES string of the molecule is COC[C@@]1(C)C(O)(C(OC)OC)OC2C(I)c3c(C)cc4c(OC)c5c(c(O)c4c3O[C@]21O)C(=O)[C@@H](O)C[C@@H]5OC1CC(C)(O)C(OC(C)=O)C(C)O1. The van der Waals surface area contributed by atoms with Gasteiger partial charge in [-0.3, -0.25) is 9.59 Å². The van der Waals surface area contributed by atoms with Crippen LogP contribution in [-0.2, 0) is 38.0 Å². The normalized spacial score (nSPS) is 37.9. The Kier molecular flexibility index (Phi) is 10.6. The Labute approximate surface area is 319 Å². The summed E-state index contributed by atoms with van der Waals surface area (Å²) in [6.07, 6.45) is -8.56. The lowest BCUT2D eigenvalue weighted by atomic mass is 9.72. The van der Waals surface area contributed by atoms with Crippen molar-refractivity contribution in [1.82, 2.24) is 0 Å². The van der Waals surface area contributed by atoms with E-state index in [1.807, 2.05) is 0 Å². The Bertz CT molecular complexity index is 1800. The topological polar surface area (TPSA) is 218 Å². The molecule has 2 aromatic carbocycles. The molecule has 2 aromatic rings. The molecule has 6 rings (SSSR count). The van der Waals surface area contributed by atoms with Crippen LogP contribution in [0.5, 0.6) is 17.2 Å². The maximum Gasteiger partial charge on any atom is 0.303 e. The van der Waals surface area contributed by atoms with Gasteiger partial charge in [0.2, 0.25) is 17.9 Å². The van der Waals surface area contributed by atoms with Crippen molar-refractivity contribution in [3.05, 3.63) is 28.3 Å². The quantitative estimate of drug-likeness (QED) is 0.106. The van der Waals surface area contributed by atoms with E-state index < -0.39 is 87.1 Å². The zero-order valence-electron chi connectivity index (χ0n) is 30.9. The number of carbonyl (C=O) groups is 2. The second-order valence-corrected chi connectivity index (χ2v) is 16.0. The number of aryl methyl sites for hydroxylation is 1. The lowest BCUT2D eigenvalue weighted by Crippen LogP contribution is -2.66. The predicted molar refractivity (Wildman–Crippen MR) is 191 cm³/mol. The lowest BCUT2D eigenvalue weighted by Gasteiger charge is -2.48. The van der Waals surface area contributed by atoms with E-state index in [4.69, 9.17) is 42.6 Å². The highest BCUT2D eigenvalue weighted by atomic mass is 127. The molecule has 294 valence electrons. The number of ether oxygens (including phenoxy) is 9. The number of ketones is 1. The Morgan fingerprint density at radius 3 is 2.34 bits per heavy atom. The summed E-state index contributed by atoms with van der Waals surface area (Å²) in [5.41, 5.74) is -2.37. The van der Waals surface area contributed by atoms with Crippen LogP contribution in [0.1, 0.15) is 77.6 Å². The van der Waals surface area contributed by atoms with Crippen molar-refractivity contribution >= 4 is 45.1 Å². The molecule has 53 heavy (non-hydrogen) atoms. The van der Waals surface area contributed by atoms with Crippen molar-refractivity contribution in [2.45, 2.75) is 112 Å². The lowest BCUT2D eigenvalue weighted by molar-refractivity contribution is -0.358. The summed E-state index contributed by atoms with van der Waals surface area (Å²) in [5.74, 6) is -6.51. The first-order chi connectivity index (χ1) is 24.8. The average Bonchev–Trinajstić information content (AvgIpc) is 3.24. The van der Waals surface area contributed by atoms with E-state index in [1.54, 1.807) is 19.9 Å². The van der Waals surface area contributed by atoms with Crippen LogP contribution in [0.15, 0.2) is 6.07 Å². The average molecular weight is 863 g/mol. The smallest absolute Gasteiger partial charge is 0.303 e. The molecular weight excluding hydrogens is 815 g/mol. The standard InChI is InChI=1S/C36H47IO16/c1-14-10-17-22(29-21(14)25(37)31-35(43,52-29)34(5,13-45-6)36(44,53-31)32(47-8)48-9)27(41)24-23(28(17)46-7)19(11-18(39)26(24)40)51-20-12-33(4,42)30(15(2)49-20)50-16(3)38/h10,15,18-20,25,30-32,39,41-44H,11-13H2,1-9H3/t15?,18-,19-,20?,25?,30?,31?,33?,34+,35+,36?/m0/s1. The number of benzene rings is 2. The summed E-state index contributed by atoms with van der Waals surface area (Å²) < 4.78 is 52.0. The molecule has 0 spiro atoms. The number of aliphatic hydroxyl groups excluding tert-OH is 1. The van der Waals surface area contributed by atoms with Gasteiger partial charge in [-0.1, -0.05) is 22.6 Å². The van der Waals surface area contributed by atoms with Gasteiger partial charge in [-0.25, -0.2) is 0 Å². The number of esters is 1. The predicted octanol–water partition coefficient (Wildman–Crippen LogP) is 2.60. The van der Waals surface area contributed by atoms with E-state index in [1.165, 1.54) is 49.2 Å². The fourth-order valence-corrected chi connectivity index (χ4v) is 10.00. The molecule has 1 aliphatic carbocycles. The van der Waals surface area contributed by atoms with Gasteiger partial charge in [-0.2, -0.15) is 0 Å². The molecular formula is C36H47IO16. The number of alkyl halides is 1. The van der Waals surface area contributed by atoms with E-state index in [-0.39, 0.29) is 52.8 Å². The van der Waals surface area contributed by atoms with Crippen LogP contribution in [0, 0.1) is 12.3 Å². The summed E-state index contributed by atoms with van der Waals surface area (Å²) in [7, 11) is 5.37. The largest absolute Gasteiger partial charge is 0.506 e. The number of methoxy groups -OCH3 is 4. The molecule has 0 saturated carbocycles. The molecule has 3 aliphatic heterocycles. The van der Waals surface area contributed by atoms with Gasteiger partial charge in [-0.05, 0) is 39.3 Å². The minimum Gasteiger partial charge on any atom is -0.506 e. The number of fused-ring (bicyclic) bond motifs is 5. The van der Waals surface area contributed by atoms with Crippen molar-refractivity contribution in [3.8, 4) is 17.2 Å². The third kappa shape index (κ3) is 5.84. The Morgan fingerprint density at radius 1 is 1.11 bits per heavy atom. The van der Waals surface area contributed by atoms with Gasteiger partial charge in [0.25, 0.3) is 0 Å². The van der Waals surface area contributed by atoms with Crippen LogP contribution in [0.3, 0.4) is 0 Å². The summed E-state index contributed by atoms with van der Waals surface area (Å²) in [4.78, 5) is 25.5. The molecule has 11 atom stereocenters.